The van der Waals surface area contributed by atoms with Crippen LogP contribution in [-0.2, 0) is 6.42 Å². The molecule has 0 saturated carbocycles. The van der Waals surface area contributed by atoms with Crippen LogP contribution in [0.5, 0.6) is 11.5 Å². The first-order valence-electron chi connectivity index (χ1n) is 12.2. The minimum atomic E-state index is -0.989. The van der Waals surface area contributed by atoms with Crippen molar-refractivity contribution in [2.45, 2.75) is 18.9 Å². The van der Waals surface area contributed by atoms with Gasteiger partial charge in [-0.2, -0.15) is 0 Å². The van der Waals surface area contributed by atoms with Gasteiger partial charge >= 0.3 is 5.97 Å². The Morgan fingerprint density at radius 1 is 1.03 bits per heavy atom. The Kier molecular flexibility index (Phi) is 5.96. The molecule has 0 bridgehead atoms. The molecule has 38 heavy (non-hydrogen) atoms. The van der Waals surface area contributed by atoms with E-state index in [1.54, 1.807) is 37.0 Å². The van der Waals surface area contributed by atoms with E-state index in [9.17, 15) is 14.7 Å². The average molecular weight is 525 g/mol. The van der Waals surface area contributed by atoms with E-state index in [1.807, 2.05) is 30.3 Å². The number of rotatable bonds is 5. The average Bonchev–Trinajstić information content (AvgIpc) is 3.25. The molecule has 7 nitrogen and oxygen atoms in total. The van der Waals surface area contributed by atoms with Crippen LogP contribution in [0.25, 0.3) is 11.8 Å². The SMILES string of the molecule is COc1ccc([C@H]2C3=C(N=c4s/c(=C/c5ccc(C(=O)O)cc5)c(=O)n42)c2ccccc2CC3)cc1OC. The third kappa shape index (κ3) is 3.94. The van der Waals surface area contributed by atoms with Gasteiger partial charge in [0.2, 0.25) is 0 Å². The number of ether oxygens (including phenoxy) is 2. The zero-order chi connectivity index (χ0) is 26.4. The summed E-state index contributed by atoms with van der Waals surface area (Å²) in [5.41, 5.74) is 6.09. The summed E-state index contributed by atoms with van der Waals surface area (Å²) in [6.07, 6.45) is 3.45. The highest BCUT2D eigenvalue weighted by Gasteiger charge is 2.33. The first-order valence-corrected chi connectivity index (χ1v) is 13.0. The number of benzene rings is 3. The van der Waals surface area contributed by atoms with Gasteiger partial charge in [-0.3, -0.25) is 9.36 Å². The van der Waals surface area contributed by atoms with Gasteiger partial charge in [0.05, 0.1) is 36.1 Å². The van der Waals surface area contributed by atoms with Gasteiger partial charge in [-0.05, 0) is 65.4 Å². The van der Waals surface area contributed by atoms with Gasteiger partial charge in [-0.15, -0.1) is 0 Å². The molecule has 0 spiro atoms. The zero-order valence-electron chi connectivity index (χ0n) is 20.8. The summed E-state index contributed by atoms with van der Waals surface area (Å²) in [5.74, 6) is 0.231. The van der Waals surface area contributed by atoms with Crippen LogP contribution in [0.4, 0.5) is 0 Å². The molecule has 1 aliphatic heterocycles. The van der Waals surface area contributed by atoms with Crippen LogP contribution >= 0.6 is 11.3 Å². The molecule has 190 valence electrons. The lowest BCUT2D eigenvalue weighted by Crippen LogP contribution is -2.38. The Morgan fingerprint density at radius 2 is 1.79 bits per heavy atom. The van der Waals surface area contributed by atoms with Crippen molar-refractivity contribution in [2.24, 2.45) is 4.99 Å². The van der Waals surface area contributed by atoms with Gasteiger partial charge in [-0.25, -0.2) is 9.79 Å². The number of allylic oxidation sites excluding steroid dienone is 1. The van der Waals surface area contributed by atoms with E-state index < -0.39 is 5.97 Å². The maximum Gasteiger partial charge on any atom is 0.335 e. The largest absolute Gasteiger partial charge is 0.493 e. The van der Waals surface area contributed by atoms with Crippen LogP contribution in [-0.4, -0.2) is 29.9 Å². The number of fused-ring (bicyclic) bond motifs is 3. The minimum Gasteiger partial charge on any atom is -0.493 e. The molecule has 3 aromatic carbocycles. The van der Waals surface area contributed by atoms with E-state index in [0.717, 1.165) is 40.8 Å². The van der Waals surface area contributed by atoms with Crippen LogP contribution in [0, 0.1) is 0 Å². The third-order valence-corrected chi connectivity index (χ3v) is 8.03. The smallest absolute Gasteiger partial charge is 0.335 e. The van der Waals surface area contributed by atoms with Gasteiger partial charge in [-0.1, -0.05) is 53.8 Å². The summed E-state index contributed by atoms with van der Waals surface area (Å²) in [5, 5.41) is 9.20. The standard InChI is InChI=1S/C30H24N2O5S/c1-36-23-14-12-20(16-24(23)37-2)27-22-13-11-18-5-3-4-6-21(18)26(22)31-30-32(27)28(33)25(38-30)15-17-7-9-19(10-8-17)29(34)35/h3-10,12,14-16,27H,11,13H2,1-2H3,(H,34,35)/b25-15+/t27-/m0/s1. The van der Waals surface area contributed by atoms with Gasteiger partial charge in [0, 0.05) is 5.56 Å². The lowest BCUT2D eigenvalue weighted by molar-refractivity contribution is 0.0697. The molecule has 8 heteroatoms. The molecule has 0 saturated heterocycles. The maximum absolute atomic E-state index is 13.9. The molecule has 1 N–H and O–H groups in total. The van der Waals surface area contributed by atoms with Gasteiger partial charge < -0.3 is 14.6 Å². The number of carboxylic acid groups (broad SMARTS) is 1. The van der Waals surface area contributed by atoms with Crippen molar-refractivity contribution >= 4 is 29.1 Å². The van der Waals surface area contributed by atoms with Gasteiger partial charge in [0.1, 0.15) is 0 Å². The highest BCUT2D eigenvalue weighted by atomic mass is 32.1. The normalized spacial score (nSPS) is 16.3. The second-order valence-electron chi connectivity index (χ2n) is 9.16. The summed E-state index contributed by atoms with van der Waals surface area (Å²) in [4.78, 5) is 30.8. The van der Waals surface area contributed by atoms with Gasteiger partial charge in [0.15, 0.2) is 16.3 Å². The molecular weight excluding hydrogens is 500 g/mol. The molecule has 0 fully saturated rings. The van der Waals surface area contributed by atoms with Crippen LogP contribution in [0.3, 0.4) is 0 Å². The predicted molar refractivity (Wildman–Crippen MR) is 146 cm³/mol. The Labute approximate surface area is 222 Å². The summed E-state index contributed by atoms with van der Waals surface area (Å²) in [7, 11) is 3.20. The lowest BCUT2D eigenvalue weighted by Gasteiger charge is -2.31. The first-order chi connectivity index (χ1) is 18.5. The van der Waals surface area contributed by atoms with Crippen LogP contribution in [0.2, 0.25) is 0 Å². The third-order valence-electron chi connectivity index (χ3n) is 7.05. The van der Waals surface area contributed by atoms with Crippen LogP contribution < -0.4 is 24.4 Å². The Hall–Kier alpha value is -4.43. The number of thiazole rings is 1. The van der Waals surface area contributed by atoms with Crippen molar-refractivity contribution in [3.8, 4) is 11.5 Å². The summed E-state index contributed by atoms with van der Waals surface area (Å²) in [6, 6.07) is 20.2. The molecule has 4 aromatic rings. The van der Waals surface area contributed by atoms with E-state index in [2.05, 4.69) is 12.1 Å². The Morgan fingerprint density at radius 3 is 2.53 bits per heavy atom. The van der Waals surface area contributed by atoms with E-state index in [0.29, 0.717) is 20.8 Å². The summed E-state index contributed by atoms with van der Waals surface area (Å²) < 4.78 is 13.4. The number of aryl methyl sites for hydroxylation is 1. The topological polar surface area (TPSA) is 90.1 Å². The van der Waals surface area contributed by atoms with Crippen LogP contribution in [0.1, 0.15) is 45.1 Å². The number of aromatic carboxylic acids is 1. The van der Waals surface area contributed by atoms with Crippen molar-refractivity contribution in [1.82, 2.24) is 4.57 Å². The molecule has 0 amide bonds. The van der Waals surface area contributed by atoms with E-state index >= 15 is 0 Å². The fraction of sp³-hybridized carbons (Fsp3) is 0.167. The number of nitrogens with zero attached hydrogens (tertiary/aromatic N) is 2. The highest BCUT2D eigenvalue weighted by molar-refractivity contribution is 7.07. The summed E-state index contributed by atoms with van der Waals surface area (Å²) in [6.45, 7) is 0. The van der Waals surface area contributed by atoms with Crippen molar-refractivity contribution in [3.63, 3.8) is 0 Å². The van der Waals surface area contributed by atoms with E-state index in [-0.39, 0.29) is 17.2 Å². The van der Waals surface area contributed by atoms with E-state index in [4.69, 9.17) is 14.5 Å². The molecule has 1 aliphatic carbocycles. The number of hydrogen-bond acceptors (Lipinski definition) is 6. The number of carboxylic acids is 1. The monoisotopic (exact) mass is 524 g/mol. The molecular formula is C30H24N2O5S. The molecule has 6 rings (SSSR count). The predicted octanol–water partition coefficient (Wildman–Crippen LogP) is 4.03. The number of carbonyl (C=O) groups is 1. The maximum atomic E-state index is 13.9. The number of methoxy groups -OCH3 is 2. The second-order valence-corrected chi connectivity index (χ2v) is 10.2. The second kappa shape index (κ2) is 9.46. The Balaban J connectivity index is 1.58. The van der Waals surface area contributed by atoms with Crippen LogP contribution in [0.15, 0.2) is 82.1 Å². The molecule has 2 aliphatic rings. The van der Waals surface area contributed by atoms with Crippen molar-refractivity contribution in [2.75, 3.05) is 14.2 Å². The van der Waals surface area contributed by atoms with Gasteiger partial charge in [0.25, 0.3) is 5.56 Å². The first kappa shape index (κ1) is 23.9. The molecule has 0 unspecified atom stereocenters. The zero-order valence-corrected chi connectivity index (χ0v) is 21.6. The lowest BCUT2D eigenvalue weighted by atomic mass is 9.83. The molecule has 2 heterocycles. The highest BCUT2D eigenvalue weighted by Crippen LogP contribution is 2.42. The minimum absolute atomic E-state index is 0.138. The molecule has 0 radical (unpaired) electrons. The van der Waals surface area contributed by atoms with Crippen molar-refractivity contribution < 1.29 is 19.4 Å². The fourth-order valence-corrected chi connectivity index (χ4v) is 6.22. The fourth-order valence-electron chi connectivity index (χ4n) is 5.22. The van der Waals surface area contributed by atoms with E-state index in [1.165, 1.54) is 29.0 Å². The molecule has 1 atom stereocenters. The van der Waals surface area contributed by atoms with Crippen molar-refractivity contribution in [1.29, 1.82) is 0 Å². The number of aromatic nitrogens is 1. The number of hydrogen-bond donors (Lipinski definition) is 1. The van der Waals surface area contributed by atoms with Crippen molar-refractivity contribution in [3.05, 3.63) is 120 Å². The Bertz CT molecular complexity index is 1800. The quantitative estimate of drug-likeness (QED) is 0.426. The summed E-state index contributed by atoms with van der Waals surface area (Å²) >= 11 is 1.34. The molecule has 1 aromatic heterocycles.